The van der Waals surface area contributed by atoms with Crippen LogP contribution < -0.4 is 11.1 Å². The van der Waals surface area contributed by atoms with Gasteiger partial charge in [0.2, 0.25) is 5.91 Å². The van der Waals surface area contributed by atoms with E-state index in [4.69, 9.17) is 26.4 Å². The summed E-state index contributed by atoms with van der Waals surface area (Å²) in [5.41, 5.74) is 5.80. The number of nitrogens with one attached hydrogen (secondary N) is 1. The maximum absolute atomic E-state index is 11.4. The Morgan fingerprint density at radius 1 is 1.32 bits per heavy atom. The lowest BCUT2D eigenvalue weighted by Crippen LogP contribution is -2.62. The first-order valence-electron chi connectivity index (χ1n) is 8.09. The van der Waals surface area contributed by atoms with E-state index in [-0.39, 0.29) is 25.7 Å². The molecule has 0 aromatic carbocycles. The number of amides is 1. The lowest BCUT2D eigenvalue weighted by atomic mass is 9.98. The van der Waals surface area contributed by atoms with Crippen molar-refractivity contribution in [3.8, 4) is 12.3 Å². The number of carbonyl (C=O) groups excluding carboxylic acids is 2. The SMILES string of the molecule is C#CCNC(=O)CCCCOC1OC(COC(C)=O)C(O)C(O)C1N. The number of ether oxygens (including phenoxy) is 3. The van der Waals surface area contributed by atoms with Crippen molar-refractivity contribution in [2.24, 2.45) is 5.73 Å². The molecule has 1 rings (SSSR count). The van der Waals surface area contributed by atoms with Gasteiger partial charge < -0.3 is 35.5 Å². The molecule has 5 N–H and O–H groups in total. The molecule has 25 heavy (non-hydrogen) atoms. The number of esters is 1. The Kier molecular flexibility index (Phi) is 9.41. The number of hydrogen-bond acceptors (Lipinski definition) is 8. The molecule has 1 fully saturated rings. The number of unbranched alkanes of at least 4 members (excludes halogenated alkanes) is 1. The fourth-order valence-electron chi connectivity index (χ4n) is 2.26. The molecule has 1 aliphatic rings. The molecule has 0 aliphatic carbocycles. The summed E-state index contributed by atoms with van der Waals surface area (Å²) in [6, 6.07) is -0.942. The minimum Gasteiger partial charge on any atom is -0.463 e. The van der Waals surface area contributed by atoms with Crippen molar-refractivity contribution in [2.75, 3.05) is 19.8 Å². The van der Waals surface area contributed by atoms with Crippen molar-refractivity contribution in [3.63, 3.8) is 0 Å². The predicted molar refractivity (Wildman–Crippen MR) is 86.9 cm³/mol. The monoisotopic (exact) mass is 358 g/mol. The van der Waals surface area contributed by atoms with E-state index >= 15 is 0 Å². The summed E-state index contributed by atoms with van der Waals surface area (Å²) in [5.74, 6) is 1.65. The van der Waals surface area contributed by atoms with E-state index in [0.29, 0.717) is 19.3 Å². The van der Waals surface area contributed by atoms with Gasteiger partial charge in [-0.05, 0) is 12.8 Å². The summed E-state index contributed by atoms with van der Waals surface area (Å²) >= 11 is 0. The van der Waals surface area contributed by atoms with Crippen LogP contribution in [0, 0.1) is 12.3 Å². The number of aliphatic hydroxyl groups is 2. The highest BCUT2D eigenvalue weighted by Crippen LogP contribution is 2.21. The quantitative estimate of drug-likeness (QED) is 0.216. The fourth-order valence-corrected chi connectivity index (χ4v) is 2.26. The highest BCUT2D eigenvalue weighted by Gasteiger charge is 2.43. The van der Waals surface area contributed by atoms with Crippen LogP contribution in [0.1, 0.15) is 26.2 Å². The Labute approximate surface area is 146 Å². The summed E-state index contributed by atoms with van der Waals surface area (Å²) < 4.78 is 15.8. The van der Waals surface area contributed by atoms with Gasteiger partial charge in [-0.1, -0.05) is 5.92 Å². The lowest BCUT2D eigenvalue weighted by molar-refractivity contribution is -0.267. The maximum atomic E-state index is 11.4. The van der Waals surface area contributed by atoms with Gasteiger partial charge in [-0.25, -0.2) is 0 Å². The number of terminal acetylenes is 1. The Morgan fingerprint density at radius 2 is 2.04 bits per heavy atom. The van der Waals surface area contributed by atoms with Gasteiger partial charge in [-0.2, -0.15) is 0 Å². The second-order valence-electron chi connectivity index (χ2n) is 5.71. The van der Waals surface area contributed by atoms with Crippen LogP contribution in [-0.4, -0.2) is 72.5 Å². The van der Waals surface area contributed by atoms with Gasteiger partial charge >= 0.3 is 5.97 Å². The largest absolute Gasteiger partial charge is 0.463 e. The zero-order valence-corrected chi connectivity index (χ0v) is 14.2. The number of hydrogen-bond donors (Lipinski definition) is 4. The number of nitrogens with two attached hydrogens (primary N) is 1. The molecular weight excluding hydrogens is 332 g/mol. The average molecular weight is 358 g/mol. The smallest absolute Gasteiger partial charge is 0.302 e. The summed E-state index contributed by atoms with van der Waals surface area (Å²) in [4.78, 5) is 22.2. The first-order chi connectivity index (χ1) is 11.9. The maximum Gasteiger partial charge on any atom is 0.302 e. The summed E-state index contributed by atoms with van der Waals surface area (Å²) in [6.07, 6.45) is 2.08. The molecular formula is C16H26N2O7. The predicted octanol–water partition coefficient (Wildman–Crippen LogP) is -1.74. The molecule has 0 aromatic heterocycles. The van der Waals surface area contributed by atoms with Gasteiger partial charge in [0, 0.05) is 20.0 Å². The Balaban J connectivity index is 2.34. The normalized spacial score (nSPS) is 28.8. The van der Waals surface area contributed by atoms with E-state index in [1.807, 2.05) is 0 Å². The van der Waals surface area contributed by atoms with E-state index in [0.717, 1.165) is 0 Å². The molecule has 5 atom stereocenters. The zero-order chi connectivity index (χ0) is 18.8. The molecule has 1 amide bonds. The van der Waals surface area contributed by atoms with E-state index in [9.17, 15) is 19.8 Å². The highest BCUT2D eigenvalue weighted by molar-refractivity contribution is 5.76. The van der Waals surface area contributed by atoms with Crippen molar-refractivity contribution in [1.82, 2.24) is 5.32 Å². The third kappa shape index (κ3) is 7.37. The average Bonchev–Trinajstić information content (AvgIpc) is 2.58. The molecule has 9 heteroatoms. The topological polar surface area (TPSA) is 140 Å². The Morgan fingerprint density at radius 3 is 2.68 bits per heavy atom. The zero-order valence-electron chi connectivity index (χ0n) is 14.2. The van der Waals surface area contributed by atoms with Crippen molar-refractivity contribution < 1.29 is 34.0 Å². The third-order valence-corrected chi connectivity index (χ3v) is 3.67. The molecule has 0 radical (unpaired) electrons. The second-order valence-corrected chi connectivity index (χ2v) is 5.71. The molecule has 1 saturated heterocycles. The summed E-state index contributed by atoms with van der Waals surface area (Å²) in [5, 5.41) is 22.4. The number of carbonyl (C=O) groups is 2. The molecule has 0 bridgehead atoms. The molecule has 1 heterocycles. The molecule has 0 spiro atoms. The van der Waals surface area contributed by atoms with Crippen LogP contribution in [0.25, 0.3) is 0 Å². The molecule has 0 saturated carbocycles. The van der Waals surface area contributed by atoms with Crippen LogP contribution in [0.3, 0.4) is 0 Å². The van der Waals surface area contributed by atoms with Crippen LogP contribution in [0.4, 0.5) is 0 Å². The summed E-state index contributed by atoms with van der Waals surface area (Å²) in [6.45, 7) is 1.47. The Hall–Kier alpha value is -1.70. The summed E-state index contributed by atoms with van der Waals surface area (Å²) in [7, 11) is 0. The number of aliphatic hydroxyl groups excluding tert-OH is 2. The van der Waals surface area contributed by atoms with Gasteiger partial charge in [0.1, 0.15) is 24.9 Å². The highest BCUT2D eigenvalue weighted by atomic mass is 16.7. The first-order valence-corrected chi connectivity index (χ1v) is 8.09. The van der Waals surface area contributed by atoms with Crippen molar-refractivity contribution >= 4 is 11.9 Å². The third-order valence-electron chi connectivity index (χ3n) is 3.67. The van der Waals surface area contributed by atoms with E-state index in [1.54, 1.807) is 0 Å². The molecule has 142 valence electrons. The lowest BCUT2D eigenvalue weighted by Gasteiger charge is -2.40. The Bertz CT molecular complexity index is 480. The molecule has 9 nitrogen and oxygen atoms in total. The van der Waals surface area contributed by atoms with Crippen LogP contribution in [0.5, 0.6) is 0 Å². The van der Waals surface area contributed by atoms with Crippen LogP contribution in [0.15, 0.2) is 0 Å². The van der Waals surface area contributed by atoms with Crippen LogP contribution in [0.2, 0.25) is 0 Å². The van der Waals surface area contributed by atoms with Crippen molar-refractivity contribution in [1.29, 1.82) is 0 Å². The minimum absolute atomic E-state index is 0.136. The van der Waals surface area contributed by atoms with Gasteiger partial charge in [0.25, 0.3) is 0 Å². The molecule has 0 aromatic rings. The van der Waals surface area contributed by atoms with Crippen molar-refractivity contribution in [2.45, 2.75) is 56.8 Å². The van der Waals surface area contributed by atoms with Crippen LogP contribution >= 0.6 is 0 Å². The van der Waals surface area contributed by atoms with Gasteiger partial charge in [-0.15, -0.1) is 6.42 Å². The van der Waals surface area contributed by atoms with E-state index in [1.165, 1.54) is 6.92 Å². The minimum atomic E-state index is -1.28. The van der Waals surface area contributed by atoms with E-state index in [2.05, 4.69) is 11.2 Å². The van der Waals surface area contributed by atoms with E-state index < -0.39 is 36.6 Å². The van der Waals surface area contributed by atoms with Gasteiger partial charge in [0.05, 0.1) is 12.6 Å². The number of rotatable bonds is 9. The van der Waals surface area contributed by atoms with Gasteiger partial charge in [-0.3, -0.25) is 9.59 Å². The van der Waals surface area contributed by atoms with Crippen LogP contribution in [-0.2, 0) is 23.8 Å². The molecule has 5 unspecified atom stereocenters. The molecule has 1 aliphatic heterocycles. The van der Waals surface area contributed by atoms with Gasteiger partial charge in [0.15, 0.2) is 6.29 Å². The first kappa shape index (κ1) is 21.3. The second kappa shape index (κ2) is 11.0. The van der Waals surface area contributed by atoms with Crippen molar-refractivity contribution in [3.05, 3.63) is 0 Å². The fraction of sp³-hybridized carbons (Fsp3) is 0.750. The standard InChI is InChI=1S/C16H26N2O7/c1-3-7-18-12(20)6-4-5-8-23-16-13(17)15(22)14(21)11(25-16)9-24-10(2)19/h1,11,13-16,21-22H,4-9,17H2,2H3,(H,18,20).